The summed E-state index contributed by atoms with van der Waals surface area (Å²) in [6, 6.07) is 22.0. The van der Waals surface area contributed by atoms with Crippen molar-refractivity contribution in [3.05, 3.63) is 102 Å². The highest BCUT2D eigenvalue weighted by Crippen LogP contribution is 2.20. The van der Waals surface area contributed by atoms with Crippen LogP contribution in [0, 0.1) is 5.82 Å². The quantitative estimate of drug-likeness (QED) is 0.461. The zero-order valence-electron chi connectivity index (χ0n) is 16.8. The number of nitrogens with zero attached hydrogens (tertiary/aromatic N) is 2. The highest BCUT2D eigenvalue weighted by Gasteiger charge is 2.18. The van der Waals surface area contributed by atoms with Crippen LogP contribution in [0.5, 0.6) is 5.75 Å². The summed E-state index contributed by atoms with van der Waals surface area (Å²) in [7, 11) is 0. The summed E-state index contributed by atoms with van der Waals surface area (Å²) in [5, 5.41) is 6.73. The number of carbonyl (C=O) groups is 1. The van der Waals surface area contributed by atoms with Crippen LogP contribution in [0.4, 0.5) is 4.39 Å². The van der Waals surface area contributed by atoms with E-state index < -0.39 is 6.04 Å². The minimum atomic E-state index is -0.497. The van der Waals surface area contributed by atoms with Crippen molar-refractivity contribution in [1.29, 1.82) is 0 Å². The first-order chi connectivity index (χ1) is 15.1. The molecule has 1 N–H and O–H groups in total. The van der Waals surface area contributed by atoms with E-state index in [1.54, 1.807) is 43.3 Å². The van der Waals surface area contributed by atoms with E-state index in [9.17, 15) is 9.18 Å². The van der Waals surface area contributed by atoms with E-state index in [4.69, 9.17) is 9.26 Å². The van der Waals surface area contributed by atoms with Crippen LogP contribution in [-0.4, -0.2) is 16.0 Å². The molecule has 7 heteroatoms. The Kier molecular flexibility index (Phi) is 6.03. The van der Waals surface area contributed by atoms with E-state index in [-0.39, 0.29) is 17.6 Å². The van der Waals surface area contributed by atoms with Crippen LogP contribution in [-0.2, 0) is 6.61 Å². The van der Waals surface area contributed by atoms with E-state index in [1.807, 2.05) is 30.3 Å². The third-order valence-electron chi connectivity index (χ3n) is 4.63. The minimum absolute atomic E-state index is 0.260. The Hall–Kier alpha value is -4.00. The van der Waals surface area contributed by atoms with Gasteiger partial charge in [-0.2, -0.15) is 4.98 Å². The maximum atomic E-state index is 13.1. The predicted octanol–water partition coefficient (Wildman–Crippen LogP) is 4.95. The second-order valence-corrected chi connectivity index (χ2v) is 6.96. The van der Waals surface area contributed by atoms with Gasteiger partial charge in [-0.05, 0) is 61.0 Å². The van der Waals surface area contributed by atoms with Gasteiger partial charge >= 0.3 is 0 Å². The molecule has 4 aromatic rings. The number of ether oxygens (including phenoxy) is 1. The Labute approximate surface area is 178 Å². The smallest absolute Gasteiger partial charge is 0.251 e. The van der Waals surface area contributed by atoms with Gasteiger partial charge in [0.1, 0.15) is 24.2 Å². The molecule has 156 valence electrons. The Balaban J connectivity index is 1.35. The molecule has 0 radical (unpaired) electrons. The van der Waals surface area contributed by atoms with E-state index >= 15 is 0 Å². The Morgan fingerprint density at radius 1 is 1.03 bits per heavy atom. The first kappa shape index (κ1) is 20.3. The average molecular weight is 417 g/mol. The molecular formula is C24H20FN3O3. The lowest BCUT2D eigenvalue weighted by atomic mass is 10.2. The van der Waals surface area contributed by atoms with Crippen molar-refractivity contribution < 1.29 is 18.4 Å². The van der Waals surface area contributed by atoms with Crippen LogP contribution in [0.3, 0.4) is 0 Å². The summed E-state index contributed by atoms with van der Waals surface area (Å²) in [6.45, 7) is 2.20. The molecule has 0 fully saturated rings. The third-order valence-corrected chi connectivity index (χ3v) is 4.63. The zero-order chi connectivity index (χ0) is 21.6. The summed E-state index contributed by atoms with van der Waals surface area (Å²) in [5.41, 5.74) is 2.18. The van der Waals surface area contributed by atoms with Crippen molar-refractivity contribution in [1.82, 2.24) is 15.5 Å². The molecule has 4 rings (SSSR count). The number of nitrogens with one attached hydrogen (secondary N) is 1. The van der Waals surface area contributed by atoms with Gasteiger partial charge in [-0.15, -0.1) is 0 Å². The zero-order valence-corrected chi connectivity index (χ0v) is 16.8. The van der Waals surface area contributed by atoms with Crippen molar-refractivity contribution in [2.75, 3.05) is 0 Å². The number of amides is 1. The SMILES string of the molecule is CC(NC(=O)c1ccc(OCc2ccccc2)cc1)c1nc(-c2ccc(F)cc2)no1. The van der Waals surface area contributed by atoms with Crippen LogP contribution in [0.2, 0.25) is 0 Å². The predicted molar refractivity (Wildman–Crippen MR) is 113 cm³/mol. The van der Waals surface area contributed by atoms with Gasteiger partial charge in [0.15, 0.2) is 0 Å². The van der Waals surface area contributed by atoms with Gasteiger partial charge in [0.05, 0.1) is 0 Å². The van der Waals surface area contributed by atoms with Gasteiger partial charge in [-0.25, -0.2) is 4.39 Å². The molecule has 1 atom stereocenters. The summed E-state index contributed by atoms with van der Waals surface area (Å²) in [4.78, 5) is 16.8. The fourth-order valence-electron chi connectivity index (χ4n) is 2.91. The van der Waals surface area contributed by atoms with Crippen LogP contribution in [0.1, 0.15) is 34.8 Å². The number of hydrogen-bond donors (Lipinski definition) is 1. The molecule has 1 aromatic heterocycles. The monoisotopic (exact) mass is 417 g/mol. The maximum absolute atomic E-state index is 13.1. The lowest BCUT2D eigenvalue weighted by molar-refractivity contribution is 0.0932. The molecule has 0 aliphatic rings. The molecular weight excluding hydrogens is 397 g/mol. The molecule has 0 saturated heterocycles. The molecule has 1 heterocycles. The van der Waals surface area contributed by atoms with Gasteiger partial charge in [-0.1, -0.05) is 35.5 Å². The van der Waals surface area contributed by atoms with Crippen molar-refractivity contribution in [3.8, 4) is 17.1 Å². The second kappa shape index (κ2) is 9.21. The molecule has 1 unspecified atom stereocenters. The average Bonchev–Trinajstić information content (AvgIpc) is 3.30. The van der Waals surface area contributed by atoms with Gasteiger partial charge in [0, 0.05) is 11.1 Å². The molecule has 0 aliphatic carbocycles. The number of hydrogen-bond acceptors (Lipinski definition) is 5. The van der Waals surface area contributed by atoms with E-state index in [0.717, 1.165) is 5.56 Å². The Bertz CT molecular complexity index is 1140. The largest absolute Gasteiger partial charge is 0.489 e. The van der Waals surface area contributed by atoms with Crippen molar-refractivity contribution in [2.45, 2.75) is 19.6 Å². The van der Waals surface area contributed by atoms with Crippen molar-refractivity contribution in [3.63, 3.8) is 0 Å². The number of carbonyl (C=O) groups excluding carboxylic acids is 1. The first-order valence-corrected chi connectivity index (χ1v) is 9.76. The topological polar surface area (TPSA) is 77.2 Å². The highest BCUT2D eigenvalue weighted by atomic mass is 19.1. The van der Waals surface area contributed by atoms with Gasteiger partial charge < -0.3 is 14.6 Å². The Morgan fingerprint density at radius 2 is 1.74 bits per heavy atom. The third kappa shape index (κ3) is 5.14. The standard InChI is InChI=1S/C24H20FN3O3/c1-16(24-27-22(28-31-24)18-7-11-20(25)12-8-18)26-23(29)19-9-13-21(14-10-19)30-15-17-5-3-2-4-6-17/h2-14,16H,15H2,1H3,(H,26,29). The summed E-state index contributed by atoms with van der Waals surface area (Å²) in [6.07, 6.45) is 0. The van der Waals surface area contributed by atoms with Gasteiger partial charge in [-0.3, -0.25) is 4.79 Å². The number of benzene rings is 3. The minimum Gasteiger partial charge on any atom is -0.489 e. The molecule has 0 bridgehead atoms. The molecule has 0 spiro atoms. The first-order valence-electron chi connectivity index (χ1n) is 9.76. The maximum Gasteiger partial charge on any atom is 0.251 e. The van der Waals surface area contributed by atoms with Crippen LogP contribution < -0.4 is 10.1 Å². The fraction of sp³-hybridized carbons (Fsp3) is 0.125. The number of rotatable bonds is 7. The van der Waals surface area contributed by atoms with E-state index in [0.29, 0.717) is 29.3 Å². The van der Waals surface area contributed by atoms with Gasteiger partial charge in [0.2, 0.25) is 11.7 Å². The van der Waals surface area contributed by atoms with Gasteiger partial charge in [0.25, 0.3) is 5.91 Å². The second-order valence-electron chi connectivity index (χ2n) is 6.96. The lowest BCUT2D eigenvalue weighted by Crippen LogP contribution is -2.26. The highest BCUT2D eigenvalue weighted by molar-refractivity contribution is 5.94. The molecule has 6 nitrogen and oxygen atoms in total. The number of halogens is 1. The van der Waals surface area contributed by atoms with Crippen LogP contribution in [0.15, 0.2) is 83.4 Å². The van der Waals surface area contributed by atoms with Crippen molar-refractivity contribution in [2.24, 2.45) is 0 Å². The molecule has 0 aliphatic heterocycles. The normalized spacial score (nSPS) is 11.7. The molecule has 3 aromatic carbocycles. The van der Waals surface area contributed by atoms with E-state index in [1.165, 1.54) is 12.1 Å². The van der Waals surface area contributed by atoms with E-state index in [2.05, 4.69) is 15.5 Å². The fourth-order valence-corrected chi connectivity index (χ4v) is 2.91. The Morgan fingerprint density at radius 3 is 2.45 bits per heavy atom. The van der Waals surface area contributed by atoms with Crippen LogP contribution in [0.25, 0.3) is 11.4 Å². The summed E-state index contributed by atoms with van der Waals surface area (Å²) >= 11 is 0. The lowest BCUT2D eigenvalue weighted by Gasteiger charge is -2.10. The summed E-state index contributed by atoms with van der Waals surface area (Å²) in [5.74, 6) is 0.647. The van der Waals surface area contributed by atoms with Crippen molar-refractivity contribution >= 4 is 5.91 Å². The van der Waals surface area contributed by atoms with Crippen LogP contribution >= 0.6 is 0 Å². The molecule has 31 heavy (non-hydrogen) atoms. The summed E-state index contributed by atoms with van der Waals surface area (Å²) < 4.78 is 24.1. The number of aromatic nitrogens is 2. The molecule has 1 amide bonds. The molecule has 0 saturated carbocycles.